The summed E-state index contributed by atoms with van der Waals surface area (Å²) >= 11 is 0. The van der Waals surface area contributed by atoms with E-state index >= 15 is 0 Å². The fourth-order valence-electron chi connectivity index (χ4n) is 2.49. The molecule has 0 radical (unpaired) electrons. The zero-order valence-electron chi connectivity index (χ0n) is 11.4. The molecule has 21 heavy (non-hydrogen) atoms. The Morgan fingerprint density at radius 3 is 2.71 bits per heavy atom. The molecule has 0 bridgehead atoms. The number of carbonyl (C=O) groups excluding carboxylic acids is 1. The summed E-state index contributed by atoms with van der Waals surface area (Å²) in [5.74, 6) is -0.686. The predicted molar refractivity (Wildman–Crippen MR) is 74.7 cm³/mol. The third kappa shape index (κ3) is 2.80. The number of amides is 1. The molecule has 0 spiro atoms. The van der Waals surface area contributed by atoms with Gasteiger partial charge >= 0.3 is 0 Å². The van der Waals surface area contributed by atoms with Crippen LogP contribution in [0.2, 0.25) is 0 Å². The number of halogens is 1. The summed E-state index contributed by atoms with van der Waals surface area (Å²) in [6.45, 7) is 1.01. The van der Waals surface area contributed by atoms with Crippen molar-refractivity contribution in [1.29, 1.82) is 0 Å². The second-order valence-corrected chi connectivity index (χ2v) is 5.14. The summed E-state index contributed by atoms with van der Waals surface area (Å²) in [6, 6.07) is 6.10. The number of likely N-dealkylation sites (tertiary alicyclic amines) is 1. The minimum Gasteiger partial charge on any atom is -0.393 e. The second kappa shape index (κ2) is 5.65. The maximum Gasteiger partial charge on any atom is 0.253 e. The molecule has 1 aliphatic rings. The molecular formula is C15H16FN3O2. The fourth-order valence-corrected chi connectivity index (χ4v) is 2.49. The van der Waals surface area contributed by atoms with Crippen LogP contribution in [0.5, 0.6) is 0 Å². The Morgan fingerprint density at radius 1 is 1.33 bits per heavy atom. The lowest BCUT2D eigenvalue weighted by Gasteiger charge is -2.29. The van der Waals surface area contributed by atoms with Crippen LogP contribution in [0.4, 0.5) is 4.39 Å². The predicted octanol–water partition coefficient (Wildman–Crippen LogP) is 1.61. The highest BCUT2D eigenvalue weighted by Crippen LogP contribution is 2.18. The number of hydrogen-bond donors (Lipinski definition) is 1. The van der Waals surface area contributed by atoms with Crippen LogP contribution < -0.4 is 0 Å². The van der Waals surface area contributed by atoms with Crippen LogP contribution in [0.25, 0.3) is 5.69 Å². The summed E-state index contributed by atoms with van der Waals surface area (Å²) in [5.41, 5.74) is 0.630. The van der Waals surface area contributed by atoms with E-state index in [1.54, 1.807) is 35.5 Å². The smallest absolute Gasteiger partial charge is 0.253 e. The van der Waals surface area contributed by atoms with Gasteiger partial charge in [0.15, 0.2) is 0 Å². The molecule has 1 aromatic carbocycles. The van der Waals surface area contributed by atoms with E-state index in [4.69, 9.17) is 0 Å². The summed E-state index contributed by atoms with van der Waals surface area (Å²) in [5, 5.41) is 13.4. The number of rotatable bonds is 2. The number of nitrogens with zero attached hydrogens (tertiary/aromatic N) is 3. The van der Waals surface area contributed by atoms with E-state index in [1.807, 2.05) is 0 Å². The first kappa shape index (κ1) is 13.8. The van der Waals surface area contributed by atoms with Gasteiger partial charge in [0.1, 0.15) is 11.5 Å². The lowest BCUT2D eigenvalue weighted by atomic mass is 10.1. The average molecular weight is 289 g/mol. The van der Waals surface area contributed by atoms with E-state index in [0.29, 0.717) is 37.2 Å². The Morgan fingerprint density at radius 2 is 2.10 bits per heavy atom. The van der Waals surface area contributed by atoms with E-state index in [2.05, 4.69) is 5.10 Å². The van der Waals surface area contributed by atoms with Crippen molar-refractivity contribution in [1.82, 2.24) is 14.7 Å². The summed E-state index contributed by atoms with van der Waals surface area (Å²) < 4.78 is 15.5. The molecule has 0 atom stereocenters. The largest absolute Gasteiger partial charge is 0.393 e. The number of carbonyl (C=O) groups is 1. The molecule has 0 saturated carbocycles. The van der Waals surface area contributed by atoms with Gasteiger partial charge in [-0.2, -0.15) is 5.10 Å². The Kier molecular flexibility index (Phi) is 3.70. The lowest BCUT2D eigenvalue weighted by molar-refractivity contribution is 0.0546. The molecule has 1 aromatic heterocycles. The van der Waals surface area contributed by atoms with Crippen molar-refractivity contribution in [2.24, 2.45) is 0 Å². The zero-order valence-corrected chi connectivity index (χ0v) is 11.4. The highest BCUT2D eigenvalue weighted by Gasteiger charge is 2.23. The minimum atomic E-state index is -0.485. The molecule has 1 fully saturated rings. The highest BCUT2D eigenvalue weighted by molar-refractivity contribution is 5.94. The molecule has 6 heteroatoms. The van der Waals surface area contributed by atoms with Crippen LogP contribution in [0.3, 0.4) is 0 Å². The van der Waals surface area contributed by atoms with E-state index in [1.165, 1.54) is 10.7 Å². The van der Waals surface area contributed by atoms with Crippen LogP contribution in [-0.2, 0) is 0 Å². The highest BCUT2D eigenvalue weighted by atomic mass is 19.1. The molecular weight excluding hydrogens is 273 g/mol. The van der Waals surface area contributed by atoms with Crippen LogP contribution >= 0.6 is 0 Å². The van der Waals surface area contributed by atoms with E-state index in [9.17, 15) is 14.3 Å². The van der Waals surface area contributed by atoms with Gasteiger partial charge in [-0.15, -0.1) is 0 Å². The molecule has 1 N–H and O–H groups in total. The minimum absolute atomic E-state index is 0.201. The summed E-state index contributed by atoms with van der Waals surface area (Å²) in [7, 11) is 0. The number of benzene rings is 1. The van der Waals surface area contributed by atoms with Gasteiger partial charge < -0.3 is 10.0 Å². The second-order valence-electron chi connectivity index (χ2n) is 5.14. The Bertz CT molecular complexity index is 634. The SMILES string of the molecule is O=C(c1ccc(-n2cccn2)c(F)c1)N1CCC(O)CC1. The lowest BCUT2D eigenvalue weighted by Crippen LogP contribution is -2.40. The van der Waals surface area contributed by atoms with Gasteiger partial charge in [0.05, 0.1) is 6.10 Å². The quantitative estimate of drug-likeness (QED) is 0.913. The van der Waals surface area contributed by atoms with Gasteiger partial charge in [0.25, 0.3) is 5.91 Å². The van der Waals surface area contributed by atoms with Crippen molar-refractivity contribution in [3.8, 4) is 5.69 Å². The third-order valence-corrected chi connectivity index (χ3v) is 3.70. The maximum atomic E-state index is 14.1. The molecule has 2 heterocycles. The number of aromatic nitrogens is 2. The molecule has 3 rings (SSSR count). The first-order valence-electron chi connectivity index (χ1n) is 6.92. The zero-order chi connectivity index (χ0) is 14.8. The van der Waals surface area contributed by atoms with Gasteiger partial charge in [0.2, 0.25) is 0 Å². The third-order valence-electron chi connectivity index (χ3n) is 3.70. The van der Waals surface area contributed by atoms with Crippen molar-refractivity contribution in [2.75, 3.05) is 13.1 Å². The van der Waals surface area contributed by atoms with Gasteiger partial charge in [0, 0.05) is 31.0 Å². The molecule has 5 nitrogen and oxygen atoms in total. The van der Waals surface area contributed by atoms with Crippen molar-refractivity contribution in [3.63, 3.8) is 0 Å². The number of hydrogen-bond acceptors (Lipinski definition) is 3. The maximum absolute atomic E-state index is 14.1. The van der Waals surface area contributed by atoms with Crippen LogP contribution in [0.1, 0.15) is 23.2 Å². The van der Waals surface area contributed by atoms with Crippen molar-refractivity contribution >= 4 is 5.91 Å². The molecule has 0 aliphatic carbocycles. The topological polar surface area (TPSA) is 58.4 Å². The van der Waals surface area contributed by atoms with E-state index in [0.717, 1.165) is 0 Å². The van der Waals surface area contributed by atoms with Gasteiger partial charge in [-0.3, -0.25) is 4.79 Å². The molecule has 2 aromatic rings. The van der Waals surface area contributed by atoms with Crippen LogP contribution in [0, 0.1) is 5.82 Å². The Hall–Kier alpha value is -2.21. The van der Waals surface area contributed by atoms with Crippen molar-refractivity contribution in [2.45, 2.75) is 18.9 Å². The molecule has 110 valence electrons. The molecule has 1 aliphatic heterocycles. The number of aliphatic hydroxyl groups excluding tert-OH is 1. The molecule has 1 amide bonds. The number of aliphatic hydroxyl groups is 1. The molecule has 1 saturated heterocycles. The monoisotopic (exact) mass is 289 g/mol. The fraction of sp³-hybridized carbons (Fsp3) is 0.333. The summed E-state index contributed by atoms with van der Waals surface area (Å²) in [6.07, 6.45) is 4.01. The van der Waals surface area contributed by atoms with Gasteiger partial charge in [-0.25, -0.2) is 9.07 Å². The average Bonchev–Trinajstić information content (AvgIpc) is 3.01. The van der Waals surface area contributed by atoms with Gasteiger partial charge in [-0.1, -0.05) is 0 Å². The van der Waals surface area contributed by atoms with Crippen molar-refractivity contribution in [3.05, 3.63) is 48.0 Å². The van der Waals surface area contributed by atoms with E-state index < -0.39 is 5.82 Å². The van der Waals surface area contributed by atoms with Crippen molar-refractivity contribution < 1.29 is 14.3 Å². The Balaban J connectivity index is 1.80. The first-order chi connectivity index (χ1) is 10.1. The number of piperidine rings is 1. The first-order valence-corrected chi connectivity index (χ1v) is 6.92. The normalized spacial score (nSPS) is 16.2. The van der Waals surface area contributed by atoms with Crippen LogP contribution in [-0.4, -0.2) is 44.9 Å². The van der Waals surface area contributed by atoms with Crippen LogP contribution in [0.15, 0.2) is 36.7 Å². The standard InChI is InChI=1S/C15H16FN3O2/c16-13-10-11(2-3-14(13)19-7-1-6-17-19)15(21)18-8-4-12(20)5-9-18/h1-3,6-7,10,12,20H,4-5,8-9H2. The van der Waals surface area contributed by atoms with E-state index in [-0.39, 0.29) is 12.0 Å². The summed E-state index contributed by atoms with van der Waals surface area (Å²) in [4.78, 5) is 14.0. The van der Waals surface area contributed by atoms with Gasteiger partial charge in [-0.05, 0) is 37.1 Å². The molecule has 0 unspecified atom stereocenters. The Labute approximate surface area is 121 Å².